The molecule has 108 valence electrons. The van der Waals surface area contributed by atoms with Crippen molar-refractivity contribution in [2.45, 2.75) is 47.1 Å². The number of aromatic nitrogens is 2. The van der Waals surface area contributed by atoms with Gasteiger partial charge in [0.25, 0.3) is 5.91 Å². The van der Waals surface area contributed by atoms with Crippen LogP contribution in [0.1, 0.15) is 50.9 Å². The molecule has 5 nitrogen and oxygen atoms in total. The molecule has 1 heterocycles. The van der Waals surface area contributed by atoms with E-state index in [9.17, 15) is 9.90 Å². The summed E-state index contributed by atoms with van der Waals surface area (Å²) in [6.45, 7) is 10.2. The van der Waals surface area contributed by atoms with Crippen molar-refractivity contribution in [1.29, 1.82) is 0 Å². The molecule has 0 spiro atoms. The predicted octanol–water partition coefficient (Wildman–Crippen LogP) is 1.74. The van der Waals surface area contributed by atoms with Crippen LogP contribution in [0, 0.1) is 11.3 Å². The van der Waals surface area contributed by atoms with Crippen molar-refractivity contribution in [1.82, 2.24) is 15.3 Å². The Bertz CT molecular complexity index is 424. The van der Waals surface area contributed by atoms with Gasteiger partial charge in [0.1, 0.15) is 11.5 Å². The maximum Gasteiger partial charge on any atom is 0.269 e. The van der Waals surface area contributed by atoms with Crippen LogP contribution in [0.25, 0.3) is 0 Å². The molecule has 1 unspecified atom stereocenters. The number of amides is 1. The molecule has 0 saturated carbocycles. The minimum absolute atomic E-state index is 0.158. The van der Waals surface area contributed by atoms with Crippen LogP contribution in [0.3, 0.4) is 0 Å². The lowest BCUT2D eigenvalue weighted by molar-refractivity contribution is 0.0138. The first kappa shape index (κ1) is 15.7. The number of carbonyl (C=O) groups is 1. The number of rotatable bonds is 6. The van der Waals surface area contributed by atoms with Crippen LogP contribution in [0.4, 0.5) is 0 Å². The van der Waals surface area contributed by atoms with Gasteiger partial charge in [-0.2, -0.15) is 0 Å². The second-order valence-corrected chi connectivity index (χ2v) is 5.96. The molecule has 3 N–H and O–H groups in total. The molecule has 0 aromatic carbocycles. The van der Waals surface area contributed by atoms with E-state index in [2.05, 4.69) is 15.3 Å². The molecule has 5 heteroatoms. The lowest BCUT2D eigenvalue weighted by atomic mass is 9.80. The Hall–Kier alpha value is -1.36. The zero-order chi connectivity index (χ0) is 14.6. The normalized spacial score (nSPS) is 13.6. The quantitative estimate of drug-likeness (QED) is 0.734. The molecular formula is C14H25N3O2. The zero-order valence-corrected chi connectivity index (χ0v) is 12.4. The number of H-pyrrole nitrogens is 1. The summed E-state index contributed by atoms with van der Waals surface area (Å²) in [7, 11) is 0. The highest BCUT2D eigenvalue weighted by Crippen LogP contribution is 2.25. The third kappa shape index (κ3) is 4.06. The third-order valence-corrected chi connectivity index (χ3v) is 3.34. The zero-order valence-electron chi connectivity index (χ0n) is 12.4. The van der Waals surface area contributed by atoms with Crippen LogP contribution in [-0.2, 0) is 6.42 Å². The standard InChI is InChI=1S/C14H25N3O2/c1-6-11-15-7-10(17-11)13(19)16-8-14(4,5)12(18)9(2)3/h7,9,12,18H,6,8H2,1-5H3,(H,15,17)(H,16,19). The van der Waals surface area contributed by atoms with Crippen molar-refractivity contribution in [2.24, 2.45) is 11.3 Å². The number of aliphatic hydroxyl groups excluding tert-OH is 1. The predicted molar refractivity (Wildman–Crippen MR) is 74.9 cm³/mol. The minimum Gasteiger partial charge on any atom is -0.392 e. The Morgan fingerprint density at radius 1 is 1.53 bits per heavy atom. The Labute approximate surface area is 114 Å². The Kier molecular flexibility index (Phi) is 5.11. The van der Waals surface area contributed by atoms with Gasteiger partial charge in [-0.15, -0.1) is 0 Å². The van der Waals surface area contributed by atoms with E-state index < -0.39 is 6.10 Å². The summed E-state index contributed by atoms with van der Waals surface area (Å²) in [5.41, 5.74) is 0.101. The number of hydrogen-bond acceptors (Lipinski definition) is 3. The van der Waals surface area contributed by atoms with E-state index >= 15 is 0 Å². The number of nitrogens with one attached hydrogen (secondary N) is 2. The highest BCUT2D eigenvalue weighted by atomic mass is 16.3. The maximum absolute atomic E-state index is 11.9. The molecule has 1 amide bonds. The number of hydrogen-bond donors (Lipinski definition) is 3. The van der Waals surface area contributed by atoms with E-state index in [1.54, 1.807) is 6.20 Å². The molecule has 1 rings (SSSR count). The lowest BCUT2D eigenvalue weighted by Crippen LogP contribution is -2.43. The van der Waals surface area contributed by atoms with Gasteiger partial charge in [-0.1, -0.05) is 34.6 Å². The number of imidazole rings is 1. The van der Waals surface area contributed by atoms with E-state index in [1.807, 2.05) is 34.6 Å². The van der Waals surface area contributed by atoms with E-state index in [-0.39, 0.29) is 17.2 Å². The smallest absolute Gasteiger partial charge is 0.269 e. The van der Waals surface area contributed by atoms with Crippen molar-refractivity contribution < 1.29 is 9.90 Å². The first-order valence-corrected chi connectivity index (χ1v) is 6.78. The van der Waals surface area contributed by atoms with E-state index in [1.165, 1.54) is 0 Å². The van der Waals surface area contributed by atoms with Crippen molar-refractivity contribution in [3.8, 4) is 0 Å². The highest BCUT2D eigenvalue weighted by Gasteiger charge is 2.30. The van der Waals surface area contributed by atoms with Crippen molar-refractivity contribution in [3.63, 3.8) is 0 Å². The molecule has 0 bridgehead atoms. The lowest BCUT2D eigenvalue weighted by Gasteiger charge is -2.33. The molecule has 0 saturated heterocycles. The summed E-state index contributed by atoms with van der Waals surface area (Å²) < 4.78 is 0. The molecular weight excluding hydrogens is 242 g/mol. The average molecular weight is 267 g/mol. The topological polar surface area (TPSA) is 78.0 Å². The highest BCUT2D eigenvalue weighted by molar-refractivity contribution is 5.92. The van der Waals surface area contributed by atoms with Crippen LogP contribution in [0.15, 0.2) is 6.20 Å². The summed E-state index contributed by atoms with van der Waals surface area (Å²) in [6, 6.07) is 0. The first-order chi connectivity index (χ1) is 8.77. The molecule has 1 aromatic heterocycles. The first-order valence-electron chi connectivity index (χ1n) is 6.78. The van der Waals surface area contributed by atoms with Crippen LogP contribution in [0.2, 0.25) is 0 Å². The number of aliphatic hydroxyl groups is 1. The molecule has 0 aliphatic carbocycles. The van der Waals surface area contributed by atoms with Gasteiger partial charge in [0.05, 0.1) is 12.3 Å². The van der Waals surface area contributed by atoms with Gasteiger partial charge in [-0.3, -0.25) is 4.79 Å². The van der Waals surface area contributed by atoms with Gasteiger partial charge in [0.15, 0.2) is 0 Å². The summed E-state index contributed by atoms with van der Waals surface area (Å²) in [5, 5.41) is 13.0. The van der Waals surface area contributed by atoms with Crippen LogP contribution in [-0.4, -0.2) is 33.6 Å². The van der Waals surface area contributed by atoms with Crippen LogP contribution < -0.4 is 5.32 Å². The minimum atomic E-state index is -0.458. The van der Waals surface area contributed by atoms with E-state index in [0.29, 0.717) is 12.2 Å². The second kappa shape index (κ2) is 6.19. The van der Waals surface area contributed by atoms with Gasteiger partial charge < -0.3 is 15.4 Å². The Balaban J connectivity index is 2.58. The fourth-order valence-electron chi connectivity index (χ4n) is 2.07. The van der Waals surface area contributed by atoms with Crippen molar-refractivity contribution in [3.05, 3.63) is 17.7 Å². The second-order valence-electron chi connectivity index (χ2n) is 5.96. The molecule has 0 aliphatic rings. The van der Waals surface area contributed by atoms with Gasteiger partial charge in [0.2, 0.25) is 0 Å². The molecule has 0 radical (unpaired) electrons. The van der Waals surface area contributed by atoms with Crippen LogP contribution in [0.5, 0.6) is 0 Å². The average Bonchev–Trinajstić information content (AvgIpc) is 2.83. The number of carbonyl (C=O) groups excluding carboxylic acids is 1. The van der Waals surface area contributed by atoms with Gasteiger partial charge in [0, 0.05) is 18.4 Å². The Morgan fingerprint density at radius 2 is 2.16 bits per heavy atom. The summed E-state index contributed by atoms with van der Waals surface area (Å²) in [5.74, 6) is 0.772. The maximum atomic E-state index is 11.9. The van der Waals surface area contributed by atoms with Gasteiger partial charge in [-0.25, -0.2) is 4.98 Å². The SMILES string of the molecule is CCc1ncc(C(=O)NCC(C)(C)C(O)C(C)C)[nH]1. The van der Waals surface area contributed by atoms with Gasteiger partial charge in [-0.05, 0) is 5.92 Å². The monoisotopic (exact) mass is 267 g/mol. The number of nitrogens with zero attached hydrogens (tertiary/aromatic N) is 1. The van der Waals surface area contributed by atoms with Crippen molar-refractivity contribution >= 4 is 5.91 Å². The largest absolute Gasteiger partial charge is 0.392 e. The molecule has 0 fully saturated rings. The van der Waals surface area contributed by atoms with Crippen molar-refractivity contribution in [2.75, 3.05) is 6.54 Å². The third-order valence-electron chi connectivity index (χ3n) is 3.34. The molecule has 0 aliphatic heterocycles. The fraction of sp³-hybridized carbons (Fsp3) is 0.714. The van der Waals surface area contributed by atoms with Gasteiger partial charge >= 0.3 is 0 Å². The number of aromatic amines is 1. The fourth-order valence-corrected chi connectivity index (χ4v) is 2.07. The van der Waals surface area contributed by atoms with E-state index in [4.69, 9.17) is 0 Å². The van der Waals surface area contributed by atoms with Crippen LogP contribution >= 0.6 is 0 Å². The molecule has 1 atom stereocenters. The summed E-state index contributed by atoms with van der Waals surface area (Å²) >= 11 is 0. The number of aryl methyl sites for hydroxylation is 1. The molecule has 1 aromatic rings. The Morgan fingerprint density at radius 3 is 2.63 bits per heavy atom. The molecule has 19 heavy (non-hydrogen) atoms. The van der Waals surface area contributed by atoms with E-state index in [0.717, 1.165) is 12.2 Å². The summed E-state index contributed by atoms with van der Waals surface area (Å²) in [4.78, 5) is 19.0. The summed E-state index contributed by atoms with van der Waals surface area (Å²) in [6.07, 6.45) is 1.85.